The Bertz CT molecular complexity index is 1400. The Labute approximate surface area is 206 Å². The number of hydrogen-bond donors (Lipinski definition) is 1. The molecule has 34 heavy (non-hydrogen) atoms. The van der Waals surface area contributed by atoms with Crippen molar-refractivity contribution in [2.75, 3.05) is 26.1 Å². The summed E-state index contributed by atoms with van der Waals surface area (Å²) in [7, 11) is -2.17. The van der Waals surface area contributed by atoms with Crippen LogP contribution in [0.1, 0.15) is 28.0 Å². The van der Waals surface area contributed by atoms with Crippen LogP contribution in [0.15, 0.2) is 17.0 Å². The number of aryl methyl sites for hydroxylation is 2. The second kappa shape index (κ2) is 9.43. The number of carboxylic acids is 1. The fourth-order valence-corrected chi connectivity index (χ4v) is 5.96. The molecule has 0 radical (unpaired) electrons. The van der Waals surface area contributed by atoms with E-state index in [1.54, 1.807) is 24.7 Å². The summed E-state index contributed by atoms with van der Waals surface area (Å²) in [6.07, 6.45) is 1.86. The van der Waals surface area contributed by atoms with Crippen molar-refractivity contribution in [3.05, 3.63) is 39.0 Å². The first-order valence-electron chi connectivity index (χ1n) is 10.4. The van der Waals surface area contributed by atoms with Crippen molar-refractivity contribution in [2.45, 2.75) is 24.8 Å². The lowest BCUT2D eigenvalue weighted by molar-refractivity contribution is 0.0696. The van der Waals surface area contributed by atoms with Crippen LogP contribution in [0.3, 0.4) is 0 Å². The van der Waals surface area contributed by atoms with Gasteiger partial charge in [-0.1, -0.05) is 23.2 Å². The van der Waals surface area contributed by atoms with Gasteiger partial charge in [-0.3, -0.25) is 4.68 Å². The van der Waals surface area contributed by atoms with Crippen molar-refractivity contribution in [1.82, 2.24) is 14.8 Å². The Morgan fingerprint density at radius 3 is 2.65 bits per heavy atom. The van der Waals surface area contributed by atoms with E-state index in [0.29, 0.717) is 31.2 Å². The number of halogens is 2. The minimum absolute atomic E-state index is 0.0648. The van der Waals surface area contributed by atoms with Gasteiger partial charge in [0, 0.05) is 36.8 Å². The summed E-state index contributed by atoms with van der Waals surface area (Å²) in [5.41, 5.74) is 1.19. The summed E-state index contributed by atoms with van der Waals surface area (Å²) < 4.78 is 38.4. The zero-order chi connectivity index (χ0) is 24.8. The molecule has 1 unspecified atom stereocenters. The molecule has 3 aromatic rings. The van der Waals surface area contributed by atoms with E-state index in [-0.39, 0.29) is 55.2 Å². The van der Waals surface area contributed by atoms with E-state index in [4.69, 9.17) is 32.7 Å². The molecule has 0 saturated carbocycles. The van der Waals surface area contributed by atoms with E-state index >= 15 is 0 Å². The number of pyridine rings is 1. The highest BCUT2D eigenvalue weighted by Gasteiger charge is 2.30. The first-order valence-corrected chi connectivity index (χ1v) is 13.1. The quantitative estimate of drug-likeness (QED) is 0.490. The molecule has 1 aromatic carbocycles. The Kier molecular flexibility index (Phi) is 6.90. The number of benzene rings is 1. The van der Waals surface area contributed by atoms with Crippen molar-refractivity contribution in [2.24, 2.45) is 13.0 Å². The van der Waals surface area contributed by atoms with E-state index in [0.717, 1.165) is 12.7 Å². The molecule has 0 spiro atoms. The van der Waals surface area contributed by atoms with Gasteiger partial charge in [0.2, 0.25) is 0 Å². The number of aromatic carboxylic acids is 1. The SMILES string of the molecule is Cc1cc(-c2nc3c(C(=O)O)c(Cl)c(COCC4CCOC4)c(S(C)(=O)=O)c3cc2Cl)n(C)n1. The minimum Gasteiger partial charge on any atom is -0.478 e. The Morgan fingerprint density at radius 1 is 1.35 bits per heavy atom. The largest absolute Gasteiger partial charge is 0.478 e. The third kappa shape index (κ3) is 4.65. The Hall–Kier alpha value is -2.24. The van der Waals surface area contributed by atoms with Crippen LogP contribution in [0.2, 0.25) is 10.0 Å². The molecular weight excluding hydrogens is 505 g/mol. The maximum absolute atomic E-state index is 12.9. The summed E-state index contributed by atoms with van der Waals surface area (Å²) in [5, 5.41) is 14.2. The van der Waals surface area contributed by atoms with Crippen LogP contribution in [0, 0.1) is 12.8 Å². The van der Waals surface area contributed by atoms with Gasteiger partial charge in [-0.2, -0.15) is 5.10 Å². The number of carboxylic acid groups (broad SMARTS) is 1. The second-order valence-corrected chi connectivity index (χ2v) is 11.1. The number of nitrogens with zero attached hydrogens (tertiary/aromatic N) is 3. The number of fused-ring (bicyclic) bond motifs is 1. The van der Waals surface area contributed by atoms with Gasteiger partial charge < -0.3 is 14.6 Å². The first-order chi connectivity index (χ1) is 16.0. The lowest BCUT2D eigenvalue weighted by atomic mass is 10.0. The monoisotopic (exact) mass is 527 g/mol. The summed E-state index contributed by atoms with van der Waals surface area (Å²) in [6, 6.07) is 3.16. The number of ether oxygens (including phenoxy) is 2. The van der Waals surface area contributed by atoms with E-state index in [9.17, 15) is 18.3 Å². The molecule has 1 saturated heterocycles. The number of aromatic nitrogens is 3. The molecule has 4 rings (SSSR count). The fraction of sp³-hybridized carbons (Fsp3) is 0.409. The van der Waals surface area contributed by atoms with Crippen LogP contribution < -0.4 is 0 Å². The number of sulfone groups is 1. The maximum atomic E-state index is 12.9. The van der Waals surface area contributed by atoms with E-state index in [1.807, 2.05) is 0 Å². The molecule has 9 nitrogen and oxygen atoms in total. The summed E-state index contributed by atoms with van der Waals surface area (Å²) in [6.45, 7) is 3.14. The van der Waals surface area contributed by atoms with Gasteiger partial charge in [-0.05, 0) is 25.5 Å². The second-order valence-electron chi connectivity index (χ2n) is 8.33. The molecule has 1 aliphatic rings. The van der Waals surface area contributed by atoms with Gasteiger partial charge in [-0.25, -0.2) is 18.2 Å². The standard InChI is InChI=1S/C22H23Cl2N3O6S/c1-11-6-16(27(2)26-11)20-15(23)7-13-19(25-20)17(22(28)29)18(24)14(21(13)34(3,30)31)10-33-9-12-4-5-32-8-12/h6-7,12H,4-5,8-10H2,1-3H3,(H,28,29). The van der Waals surface area contributed by atoms with Gasteiger partial charge in [-0.15, -0.1) is 0 Å². The van der Waals surface area contributed by atoms with Gasteiger partial charge >= 0.3 is 5.97 Å². The summed E-state index contributed by atoms with van der Waals surface area (Å²) in [5.74, 6) is -1.16. The molecule has 1 N–H and O–H groups in total. The van der Waals surface area contributed by atoms with Crippen LogP contribution in [-0.4, -0.2) is 60.3 Å². The van der Waals surface area contributed by atoms with Crippen molar-refractivity contribution in [3.8, 4) is 11.4 Å². The van der Waals surface area contributed by atoms with Crippen molar-refractivity contribution in [3.63, 3.8) is 0 Å². The van der Waals surface area contributed by atoms with E-state index in [1.165, 1.54) is 6.07 Å². The van der Waals surface area contributed by atoms with Crippen LogP contribution in [0.25, 0.3) is 22.3 Å². The molecule has 3 heterocycles. The molecule has 182 valence electrons. The Balaban J connectivity index is 1.95. The van der Waals surface area contributed by atoms with Crippen LogP contribution in [0.4, 0.5) is 0 Å². The van der Waals surface area contributed by atoms with Gasteiger partial charge in [0.05, 0.1) is 51.7 Å². The highest BCUT2D eigenvalue weighted by molar-refractivity contribution is 7.91. The fourth-order valence-electron chi connectivity index (χ4n) is 4.17. The van der Waals surface area contributed by atoms with E-state index in [2.05, 4.69) is 10.1 Å². The molecular formula is C22H23Cl2N3O6S. The Morgan fingerprint density at radius 2 is 2.09 bits per heavy atom. The lowest BCUT2D eigenvalue weighted by Crippen LogP contribution is -2.14. The minimum atomic E-state index is -3.87. The third-order valence-corrected chi connectivity index (χ3v) is 7.58. The highest BCUT2D eigenvalue weighted by atomic mass is 35.5. The first kappa shape index (κ1) is 24.9. The molecule has 0 aliphatic carbocycles. The van der Waals surface area contributed by atoms with Crippen LogP contribution in [-0.2, 0) is 33.0 Å². The lowest BCUT2D eigenvalue weighted by Gasteiger charge is -2.18. The van der Waals surface area contributed by atoms with Crippen LogP contribution >= 0.6 is 23.2 Å². The summed E-state index contributed by atoms with van der Waals surface area (Å²) in [4.78, 5) is 16.6. The normalized spacial score (nSPS) is 16.4. The van der Waals surface area contributed by atoms with Crippen molar-refractivity contribution < 1.29 is 27.8 Å². The topological polar surface area (TPSA) is 121 Å². The zero-order valence-electron chi connectivity index (χ0n) is 18.8. The van der Waals surface area contributed by atoms with Gasteiger partial charge in [0.15, 0.2) is 9.84 Å². The molecule has 2 aromatic heterocycles. The molecule has 12 heteroatoms. The molecule has 1 aliphatic heterocycles. The molecule has 0 bridgehead atoms. The average Bonchev–Trinajstić information content (AvgIpc) is 3.36. The molecule has 0 amide bonds. The maximum Gasteiger partial charge on any atom is 0.339 e. The van der Waals surface area contributed by atoms with Crippen molar-refractivity contribution >= 4 is 49.9 Å². The summed E-state index contributed by atoms with van der Waals surface area (Å²) >= 11 is 13.1. The van der Waals surface area contributed by atoms with Crippen molar-refractivity contribution in [1.29, 1.82) is 0 Å². The third-order valence-electron chi connectivity index (χ3n) is 5.67. The zero-order valence-corrected chi connectivity index (χ0v) is 21.1. The highest BCUT2D eigenvalue weighted by Crippen LogP contribution is 2.40. The number of carbonyl (C=O) groups is 1. The molecule has 1 fully saturated rings. The number of rotatable bonds is 7. The van der Waals surface area contributed by atoms with Gasteiger partial charge in [0.25, 0.3) is 0 Å². The smallest absolute Gasteiger partial charge is 0.339 e. The van der Waals surface area contributed by atoms with E-state index < -0.39 is 15.8 Å². The predicted octanol–water partition coefficient (Wildman–Crippen LogP) is 3.91. The number of hydrogen-bond acceptors (Lipinski definition) is 7. The molecule has 1 atom stereocenters. The average molecular weight is 528 g/mol. The van der Waals surface area contributed by atoms with Crippen LogP contribution in [0.5, 0.6) is 0 Å². The van der Waals surface area contributed by atoms with Gasteiger partial charge in [0.1, 0.15) is 11.3 Å². The predicted molar refractivity (Wildman–Crippen MR) is 127 cm³/mol.